The van der Waals surface area contributed by atoms with E-state index in [9.17, 15) is 17.6 Å². The minimum atomic E-state index is -1.67. The van der Waals surface area contributed by atoms with Gasteiger partial charge < -0.3 is 4.90 Å². The molecular weight excluding hydrogens is 272 g/mol. The summed E-state index contributed by atoms with van der Waals surface area (Å²) in [5.41, 5.74) is 1.34. The van der Waals surface area contributed by atoms with Gasteiger partial charge in [-0.15, -0.1) is 0 Å². The summed E-state index contributed by atoms with van der Waals surface area (Å²) < 4.78 is 53.7. The van der Waals surface area contributed by atoms with Crippen molar-refractivity contribution in [2.45, 2.75) is 13.8 Å². The van der Waals surface area contributed by atoms with Gasteiger partial charge in [-0.3, -0.25) is 0 Å². The summed E-state index contributed by atoms with van der Waals surface area (Å²) in [6, 6.07) is 5.18. The zero-order chi connectivity index (χ0) is 15.0. The number of anilines is 2. The standard InChI is InChI=1S/C14H12F4N2/c1-7-4-8(2)6-9(5-7)20(3)12-10(15)13(17)19-14(18)11(12)16/h4-6H,1-3H3. The van der Waals surface area contributed by atoms with Gasteiger partial charge in [-0.05, 0) is 37.1 Å². The molecule has 2 rings (SSSR count). The van der Waals surface area contributed by atoms with E-state index in [4.69, 9.17) is 0 Å². The van der Waals surface area contributed by atoms with Gasteiger partial charge in [-0.25, -0.2) is 0 Å². The van der Waals surface area contributed by atoms with Crippen molar-refractivity contribution in [3.8, 4) is 0 Å². The van der Waals surface area contributed by atoms with E-state index in [1.807, 2.05) is 19.9 Å². The molecule has 6 heteroatoms. The summed E-state index contributed by atoms with van der Waals surface area (Å²) in [4.78, 5) is 3.59. The van der Waals surface area contributed by atoms with Crippen LogP contribution in [0, 0.1) is 37.4 Å². The van der Waals surface area contributed by atoms with Crippen molar-refractivity contribution >= 4 is 11.4 Å². The highest BCUT2D eigenvalue weighted by Crippen LogP contribution is 2.31. The van der Waals surface area contributed by atoms with Crippen LogP contribution in [0.25, 0.3) is 0 Å². The number of benzene rings is 1. The third kappa shape index (κ3) is 2.45. The Morgan fingerprint density at radius 2 is 1.30 bits per heavy atom. The molecule has 0 fully saturated rings. The van der Waals surface area contributed by atoms with E-state index in [2.05, 4.69) is 4.98 Å². The fraction of sp³-hybridized carbons (Fsp3) is 0.214. The van der Waals surface area contributed by atoms with Crippen molar-refractivity contribution in [3.63, 3.8) is 0 Å². The molecule has 0 N–H and O–H groups in total. The average molecular weight is 284 g/mol. The zero-order valence-electron chi connectivity index (χ0n) is 11.1. The molecule has 1 aromatic heterocycles. The molecule has 106 valence electrons. The van der Waals surface area contributed by atoms with Crippen LogP contribution in [0.5, 0.6) is 0 Å². The summed E-state index contributed by atoms with van der Waals surface area (Å²) in [6.07, 6.45) is 0. The Bertz CT molecular complexity index is 624. The van der Waals surface area contributed by atoms with E-state index in [0.29, 0.717) is 5.69 Å². The molecule has 0 unspecified atom stereocenters. The molecule has 0 spiro atoms. The van der Waals surface area contributed by atoms with E-state index in [-0.39, 0.29) is 0 Å². The largest absolute Gasteiger partial charge is 0.340 e. The van der Waals surface area contributed by atoms with E-state index < -0.39 is 29.2 Å². The van der Waals surface area contributed by atoms with Crippen LogP contribution >= 0.6 is 0 Å². The second kappa shape index (κ2) is 5.11. The molecule has 0 aliphatic carbocycles. The van der Waals surface area contributed by atoms with Gasteiger partial charge in [0.25, 0.3) is 11.9 Å². The molecular formula is C14H12F4N2. The number of aryl methyl sites for hydroxylation is 2. The van der Waals surface area contributed by atoms with Crippen LogP contribution in [-0.2, 0) is 0 Å². The maximum atomic E-state index is 13.7. The van der Waals surface area contributed by atoms with Crippen LogP contribution < -0.4 is 4.90 Å². The van der Waals surface area contributed by atoms with Gasteiger partial charge in [0.2, 0.25) is 11.6 Å². The van der Waals surface area contributed by atoms with E-state index in [0.717, 1.165) is 16.0 Å². The van der Waals surface area contributed by atoms with Gasteiger partial charge in [-0.2, -0.15) is 22.5 Å². The first-order valence-electron chi connectivity index (χ1n) is 5.83. The Labute approximate surface area is 113 Å². The average Bonchev–Trinajstić information content (AvgIpc) is 2.35. The van der Waals surface area contributed by atoms with Crippen molar-refractivity contribution < 1.29 is 17.6 Å². The number of hydrogen-bond donors (Lipinski definition) is 0. The molecule has 20 heavy (non-hydrogen) atoms. The monoisotopic (exact) mass is 284 g/mol. The van der Waals surface area contributed by atoms with Crippen LogP contribution in [0.4, 0.5) is 28.9 Å². The number of nitrogens with zero attached hydrogens (tertiary/aromatic N) is 2. The molecule has 2 nitrogen and oxygen atoms in total. The molecule has 1 heterocycles. The number of rotatable bonds is 2. The lowest BCUT2D eigenvalue weighted by Gasteiger charge is -2.21. The van der Waals surface area contributed by atoms with E-state index >= 15 is 0 Å². The van der Waals surface area contributed by atoms with Crippen LogP contribution in [0.1, 0.15) is 11.1 Å². The summed E-state index contributed by atoms with van der Waals surface area (Å²) in [7, 11) is 1.33. The minimum absolute atomic E-state index is 0.422. The molecule has 2 aromatic rings. The lowest BCUT2D eigenvalue weighted by Crippen LogP contribution is -2.16. The third-order valence-electron chi connectivity index (χ3n) is 2.90. The predicted molar refractivity (Wildman–Crippen MR) is 68.0 cm³/mol. The Balaban J connectivity index is 2.61. The van der Waals surface area contributed by atoms with E-state index in [1.54, 1.807) is 12.1 Å². The van der Waals surface area contributed by atoms with Crippen LogP contribution in [0.2, 0.25) is 0 Å². The van der Waals surface area contributed by atoms with Crippen LogP contribution in [0.3, 0.4) is 0 Å². The van der Waals surface area contributed by atoms with Gasteiger partial charge in [0, 0.05) is 12.7 Å². The predicted octanol–water partition coefficient (Wildman–Crippen LogP) is 4.02. The molecule has 0 amide bonds. The first kappa shape index (κ1) is 14.3. The van der Waals surface area contributed by atoms with Crippen molar-refractivity contribution in [1.29, 1.82) is 0 Å². The molecule has 0 atom stereocenters. The molecule has 0 aliphatic rings. The SMILES string of the molecule is Cc1cc(C)cc(N(C)c2c(F)c(F)nc(F)c2F)c1. The van der Waals surface area contributed by atoms with E-state index in [1.165, 1.54) is 7.05 Å². The third-order valence-corrected chi connectivity index (χ3v) is 2.90. The van der Waals surface area contributed by atoms with Gasteiger partial charge in [-0.1, -0.05) is 6.07 Å². The fourth-order valence-corrected chi connectivity index (χ4v) is 2.04. The second-order valence-electron chi connectivity index (χ2n) is 4.57. The highest BCUT2D eigenvalue weighted by molar-refractivity contribution is 5.64. The lowest BCUT2D eigenvalue weighted by atomic mass is 10.1. The highest BCUT2D eigenvalue weighted by atomic mass is 19.2. The first-order valence-corrected chi connectivity index (χ1v) is 5.83. The number of pyridine rings is 1. The Hall–Kier alpha value is -2.11. The molecule has 0 radical (unpaired) electrons. The van der Waals surface area contributed by atoms with Gasteiger partial charge in [0.05, 0.1) is 0 Å². The van der Waals surface area contributed by atoms with Crippen molar-refractivity contribution in [3.05, 3.63) is 52.9 Å². The maximum absolute atomic E-state index is 13.7. The molecule has 0 saturated carbocycles. The summed E-state index contributed by atoms with van der Waals surface area (Å²) >= 11 is 0. The maximum Gasteiger partial charge on any atom is 0.253 e. The van der Waals surface area contributed by atoms with Crippen molar-refractivity contribution in [2.75, 3.05) is 11.9 Å². The van der Waals surface area contributed by atoms with Crippen LogP contribution in [-0.4, -0.2) is 12.0 Å². The normalized spacial score (nSPS) is 10.8. The molecule has 1 aromatic carbocycles. The summed E-state index contributed by atoms with van der Waals surface area (Å²) in [6.45, 7) is 3.62. The number of aromatic nitrogens is 1. The second-order valence-corrected chi connectivity index (χ2v) is 4.57. The van der Waals surface area contributed by atoms with Crippen molar-refractivity contribution in [2.24, 2.45) is 0 Å². The fourth-order valence-electron chi connectivity index (χ4n) is 2.04. The van der Waals surface area contributed by atoms with Crippen molar-refractivity contribution in [1.82, 2.24) is 4.98 Å². The molecule has 0 bridgehead atoms. The summed E-state index contributed by atoms with van der Waals surface area (Å²) in [5, 5.41) is 0. The van der Waals surface area contributed by atoms with Gasteiger partial charge in [0.1, 0.15) is 5.69 Å². The Morgan fingerprint density at radius 3 is 1.75 bits per heavy atom. The van der Waals surface area contributed by atoms with Crippen LogP contribution in [0.15, 0.2) is 18.2 Å². The quantitative estimate of drug-likeness (QED) is 0.611. The Kier molecular flexibility index (Phi) is 3.65. The Morgan fingerprint density at radius 1 is 0.850 bits per heavy atom. The molecule has 0 saturated heterocycles. The lowest BCUT2D eigenvalue weighted by molar-refractivity contribution is 0.409. The van der Waals surface area contributed by atoms with Gasteiger partial charge >= 0.3 is 0 Å². The number of hydrogen-bond acceptors (Lipinski definition) is 2. The first-order chi connectivity index (χ1) is 9.31. The van der Waals surface area contributed by atoms with Gasteiger partial charge in [0.15, 0.2) is 0 Å². The smallest absolute Gasteiger partial charge is 0.253 e. The minimum Gasteiger partial charge on any atom is -0.340 e. The number of halogens is 4. The zero-order valence-corrected chi connectivity index (χ0v) is 11.1. The topological polar surface area (TPSA) is 16.1 Å². The highest BCUT2D eigenvalue weighted by Gasteiger charge is 2.24. The summed E-state index contributed by atoms with van der Waals surface area (Å²) in [5.74, 6) is -6.39. The molecule has 0 aliphatic heterocycles.